The summed E-state index contributed by atoms with van der Waals surface area (Å²) in [7, 11) is 0. The molecule has 0 unspecified atom stereocenters. The van der Waals surface area contributed by atoms with Gasteiger partial charge >= 0.3 is 0 Å². The van der Waals surface area contributed by atoms with Gasteiger partial charge in [0.2, 0.25) is 5.95 Å². The van der Waals surface area contributed by atoms with E-state index in [2.05, 4.69) is 44.6 Å². The molecule has 5 aromatic rings. The number of anilines is 2. The van der Waals surface area contributed by atoms with Crippen molar-refractivity contribution >= 4 is 28.6 Å². The first-order chi connectivity index (χ1) is 16.2. The van der Waals surface area contributed by atoms with E-state index >= 15 is 0 Å². The van der Waals surface area contributed by atoms with Crippen LogP contribution in [0.2, 0.25) is 0 Å². The van der Waals surface area contributed by atoms with Gasteiger partial charge in [-0.2, -0.15) is 4.98 Å². The summed E-state index contributed by atoms with van der Waals surface area (Å²) in [4.78, 5) is 26.1. The molecule has 0 spiro atoms. The lowest BCUT2D eigenvalue weighted by molar-refractivity contribution is 0.102. The van der Waals surface area contributed by atoms with Crippen LogP contribution in [0.4, 0.5) is 11.6 Å². The van der Waals surface area contributed by atoms with Gasteiger partial charge < -0.3 is 10.6 Å². The molecule has 0 aliphatic carbocycles. The number of hydrogen-bond acceptors (Lipinski definition) is 5. The lowest BCUT2D eigenvalue weighted by atomic mass is 10.1. The number of imidazole rings is 1. The van der Waals surface area contributed by atoms with E-state index in [9.17, 15) is 4.79 Å². The van der Waals surface area contributed by atoms with Crippen LogP contribution >= 0.6 is 0 Å². The second-order valence-corrected chi connectivity index (χ2v) is 7.65. The van der Waals surface area contributed by atoms with Gasteiger partial charge in [0.15, 0.2) is 0 Å². The molecule has 2 heterocycles. The van der Waals surface area contributed by atoms with E-state index in [-0.39, 0.29) is 11.9 Å². The predicted molar refractivity (Wildman–Crippen MR) is 130 cm³/mol. The van der Waals surface area contributed by atoms with Gasteiger partial charge in [0.1, 0.15) is 12.1 Å². The number of carbonyl (C=O) groups excluding carboxylic acids is 1. The Balaban J connectivity index is 1.41. The normalized spacial score (nSPS) is 11.8. The van der Waals surface area contributed by atoms with Crippen LogP contribution in [-0.4, -0.2) is 25.4 Å². The van der Waals surface area contributed by atoms with Crippen molar-refractivity contribution in [3.8, 4) is 5.82 Å². The number of hydrogen-bond donors (Lipinski definition) is 2. The summed E-state index contributed by atoms with van der Waals surface area (Å²) >= 11 is 0. The lowest BCUT2D eigenvalue weighted by Gasteiger charge is -2.14. The molecule has 2 aromatic heterocycles. The summed E-state index contributed by atoms with van der Waals surface area (Å²) in [5.41, 5.74) is 4.08. The SMILES string of the molecule is C[C@H](Nc1nccc(-n2cnc3ccc(NC(=O)c4ccccc4)cc32)n1)c1ccccc1. The Kier molecular flexibility index (Phi) is 5.51. The molecule has 7 heteroatoms. The van der Waals surface area contributed by atoms with Gasteiger partial charge in [0.05, 0.1) is 17.1 Å². The number of aromatic nitrogens is 4. The van der Waals surface area contributed by atoms with Crippen molar-refractivity contribution in [3.05, 3.63) is 109 Å². The van der Waals surface area contributed by atoms with Crippen LogP contribution in [0.3, 0.4) is 0 Å². The summed E-state index contributed by atoms with van der Waals surface area (Å²) in [6.45, 7) is 2.07. The van der Waals surface area contributed by atoms with Crippen molar-refractivity contribution in [2.45, 2.75) is 13.0 Å². The zero-order valence-electron chi connectivity index (χ0n) is 18.0. The lowest BCUT2D eigenvalue weighted by Crippen LogP contribution is -2.11. The molecule has 1 amide bonds. The topological polar surface area (TPSA) is 84.7 Å². The van der Waals surface area contributed by atoms with Crippen molar-refractivity contribution < 1.29 is 4.79 Å². The van der Waals surface area contributed by atoms with Crippen LogP contribution in [0, 0.1) is 0 Å². The molecule has 0 bridgehead atoms. The quantitative estimate of drug-likeness (QED) is 0.382. The van der Waals surface area contributed by atoms with Gasteiger partial charge in [-0.15, -0.1) is 0 Å². The Hall–Kier alpha value is -4.52. The van der Waals surface area contributed by atoms with Crippen molar-refractivity contribution in [1.82, 2.24) is 19.5 Å². The maximum Gasteiger partial charge on any atom is 0.255 e. The third-order valence-electron chi connectivity index (χ3n) is 5.37. The largest absolute Gasteiger partial charge is 0.348 e. The molecule has 0 aliphatic rings. The maximum atomic E-state index is 12.5. The minimum absolute atomic E-state index is 0.0563. The highest BCUT2D eigenvalue weighted by Crippen LogP contribution is 2.23. The number of nitrogens with one attached hydrogen (secondary N) is 2. The van der Waals surface area contributed by atoms with Crippen LogP contribution in [0.15, 0.2) is 97.5 Å². The molecule has 0 saturated heterocycles. The third-order valence-corrected chi connectivity index (χ3v) is 5.37. The van der Waals surface area contributed by atoms with Crippen molar-refractivity contribution in [2.24, 2.45) is 0 Å². The van der Waals surface area contributed by atoms with Crippen molar-refractivity contribution in [2.75, 3.05) is 10.6 Å². The number of rotatable bonds is 6. The predicted octanol–water partition coefficient (Wildman–Crippen LogP) is 5.24. The number of benzene rings is 3. The van der Waals surface area contributed by atoms with E-state index < -0.39 is 0 Å². The van der Waals surface area contributed by atoms with E-state index in [1.807, 2.05) is 65.2 Å². The molecule has 1 atom stereocenters. The van der Waals surface area contributed by atoms with Crippen LogP contribution in [-0.2, 0) is 0 Å². The molecule has 0 fully saturated rings. The summed E-state index contributed by atoms with van der Waals surface area (Å²) in [6.07, 6.45) is 3.44. The minimum Gasteiger partial charge on any atom is -0.348 e. The van der Waals surface area contributed by atoms with Crippen LogP contribution in [0.1, 0.15) is 28.9 Å². The highest BCUT2D eigenvalue weighted by atomic mass is 16.1. The Morgan fingerprint density at radius 1 is 0.909 bits per heavy atom. The molecule has 7 nitrogen and oxygen atoms in total. The molecule has 5 rings (SSSR count). The van der Waals surface area contributed by atoms with E-state index in [4.69, 9.17) is 0 Å². The molecule has 0 saturated carbocycles. The second kappa shape index (κ2) is 8.92. The number of fused-ring (bicyclic) bond motifs is 1. The smallest absolute Gasteiger partial charge is 0.255 e. The molecule has 33 heavy (non-hydrogen) atoms. The van der Waals surface area contributed by atoms with E-state index in [0.29, 0.717) is 23.0 Å². The number of nitrogens with zero attached hydrogens (tertiary/aromatic N) is 4. The second-order valence-electron chi connectivity index (χ2n) is 7.65. The molecule has 0 radical (unpaired) electrons. The maximum absolute atomic E-state index is 12.5. The summed E-state index contributed by atoms with van der Waals surface area (Å²) in [6, 6.07) is 26.8. The molecule has 2 N–H and O–H groups in total. The molecule has 3 aromatic carbocycles. The Labute approximate surface area is 191 Å². The first-order valence-corrected chi connectivity index (χ1v) is 10.7. The van der Waals surface area contributed by atoms with Gasteiger partial charge in [0.25, 0.3) is 5.91 Å². The van der Waals surface area contributed by atoms with Gasteiger partial charge in [0, 0.05) is 17.4 Å². The van der Waals surface area contributed by atoms with Crippen LogP contribution in [0.25, 0.3) is 16.9 Å². The van der Waals surface area contributed by atoms with Crippen molar-refractivity contribution in [3.63, 3.8) is 0 Å². The summed E-state index contributed by atoms with van der Waals surface area (Å²) < 4.78 is 1.88. The van der Waals surface area contributed by atoms with Gasteiger partial charge in [-0.3, -0.25) is 9.36 Å². The monoisotopic (exact) mass is 434 g/mol. The first kappa shape index (κ1) is 20.4. The molecular weight excluding hydrogens is 412 g/mol. The van der Waals surface area contributed by atoms with E-state index in [0.717, 1.165) is 16.6 Å². The Morgan fingerprint density at radius 3 is 2.45 bits per heavy atom. The zero-order chi connectivity index (χ0) is 22.6. The van der Waals surface area contributed by atoms with Gasteiger partial charge in [-0.25, -0.2) is 9.97 Å². The third kappa shape index (κ3) is 4.43. The van der Waals surface area contributed by atoms with Gasteiger partial charge in [-0.05, 0) is 48.9 Å². The fourth-order valence-corrected chi connectivity index (χ4v) is 3.63. The van der Waals surface area contributed by atoms with Crippen LogP contribution in [0.5, 0.6) is 0 Å². The standard InChI is InChI=1S/C26H22N6O/c1-18(19-8-4-2-5-9-19)29-26-27-15-14-24(31-26)32-17-28-22-13-12-21(16-23(22)32)30-25(33)20-10-6-3-7-11-20/h2-18H,1H3,(H,30,33)(H,27,29,31)/t18-/m0/s1. The molecular formula is C26H22N6O. The van der Waals surface area contributed by atoms with E-state index in [1.165, 1.54) is 0 Å². The number of amides is 1. The Bertz CT molecular complexity index is 1400. The highest BCUT2D eigenvalue weighted by molar-refractivity contribution is 6.05. The highest BCUT2D eigenvalue weighted by Gasteiger charge is 2.12. The van der Waals surface area contributed by atoms with Crippen LogP contribution < -0.4 is 10.6 Å². The molecule has 0 aliphatic heterocycles. The average Bonchev–Trinajstić information content (AvgIpc) is 3.28. The molecule has 162 valence electrons. The van der Waals surface area contributed by atoms with E-state index in [1.54, 1.807) is 24.7 Å². The van der Waals surface area contributed by atoms with Gasteiger partial charge in [-0.1, -0.05) is 48.5 Å². The first-order valence-electron chi connectivity index (χ1n) is 10.7. The Morgan fingerprint density at radius 2 is 1.67 bits per heavy atom. The summed E-state index contributed by atoms with van der Waals surface area (Å²) in [5.74, 6) is 1.05. The fraction of sp³-hybridized carbons (Fsp3) is 0.0769. The fourth-order valence-electron chi connectivity index (χ4n) is 3.63. The number of carbonyl (C=O) groups is 1. The average molecular weight is 435 g/mol. The zero-order valence-corrected chi connectivity index (χ0v) is 18.0. The minimum atomic E-state index is -0.163. The summed E-state index contributed by atoms with van der Waals surface area (Å²) in [5, 5.41) is 6.30. The van der Waals surface area contributed by atoms with Crippen molar-refractivity contribution in [1.29, 1.82) is 0 Å².